The Hall–Kier alpha value is -1.17. The number of rotatable bonds is 4. The standard InChI is InChI=1S/C12H14N2O2S/c15-7-12(8-16-9-12)6-14-3-1-11(13-14)10-2-4-17-5-10/h1-5,15H,6-9H2. The van der Waals surface area contributed by atoms with Gasteiger partial charge in [-0.1, -0.05) is 0 Å². The molecule has 0 saturated carbocycles. The molecule has 1 aliphatic rings. The maximum atomic E-state index is 9.37. The van der Waals surface area contributed by atoms with E-state index in [1.807, 2.05) is 22.3 Å². The molecule has 2 aromatic rings. The van der Waals surface area contributed by atoms with Crippen molar-refractivity contribution in [3.63, 3.8) is 0 Å². The molecule has 90 valence electrons. The van der Waals surface area contributed by atoms with Gasteiger partial charge in [-0.3, -0.25) is 4.68 Å². The smallest absolute Gasteiger partial charge is 0.0931 e. The molecule has 0 aromatic carbocycles. The van der Waals surface area contributed by atoms with E-state index in [0.717, 1.165) is 11.3 Å². The molecule has 1 saturated heterocycles. The predicted molar refractivity (Wildman–Crippen MR) is 65.9 cm³/mol. The number of aliphatic hydroxyl groups is 1. The lowest BCUT2D eigenvalue weighted by atomic mass is 9.87. The van der Waals surface area contributed by atoms with Crippen LogP contribution in [-0.2, 0) is 11.3 Å². The second-order valence-electron chi connectivity index (χ2n) is 4.56. The first-order valence-corrected chi connectivity index (χ1v) is 6.50. The summed E-state index contributed by atoms with van der Waals surface area (Å²) in [5.41, 5.74) is 2.01. The molecule has 0 bridgehead atoms. The molecule has 3 heterocycles. The molecule has 0 radical (unpaired) electrons. The number of thiophene rings is 1. The van der Waals surface area contributed by atoms with E-state index in [1.165, 1.54) is 0 Å². The Labute approximate surface area is 103 Å². The number of hydrogen-bond acceptors (Lipinski definition) is 4. The third-order valence-corrected chi connectivity index (χ3v) is 3.79. The number of hydrogen-bond donors (Lipinski definition) is 1. The fourth-order valence-corrected chi connectivity index (χ4v) is 2.63. The molecule has 5 heteroatoms. The number of aromatic nitrogens is 2. The van der Waals surface area contributed by atoms with Gasteiger partial charge < -0.3 is 9.84 Å². The maximum Gasteiger partial charge on any atom is 0.0931 e. The zero-order chi connectivity index (χ0) is 11.7. The topological polar surface area (TPSA) is 47.3 Å². The van der Waals surface area contributed by atoms with E-state index in [1.54, 1.807) is 11.3 Å². The molecular weight excluding hydrogens is 236 g/mol. The second-order valence-corrected chi connectivity index (χ2v) is 5.34. The Morgan fingerprint density at radius 3 is 2.94 bits per heavy atom. The van der Waals surface area contributed by atoms with Crippen LogP contribution < -0.4 is 0 Å². The molecule has 0 unspecified atom stereocenters. The minimum atomic E-state index is -0.127. The summed E-state index contributed by atoms with van der Waals surface area (Å²) in [6.45, 7) is 2.11. The highest BCUT2D eigenvalue weighted by Gasteiger charge is 2.38. The number of aliphatic hydroxyl groups excluding tert-OH is 1. The summed E-state index contributed by atoms with van der Waals surface area (Å²) < 4.78 is 7.08. The zero-order valence-corrected chi connectivity index (χ0v) is 10.2. The zero-order valence-electron chi connectivity index (χ0n) is 9.37. The van der Waals surface area contributed by atoms with Gasteiger partial charge in [-0.25, -0.2) is 0 Å². The molecule has 17 heavy (non-hydrogen) atoms. The monoisotopic (exact) mass is 250 g/mol. The van der Waals surface area contributed by atoms with Crippen LogP contribution in [0.2, 0.25) is 0 Å². The van der Waals surface area contributed by atoms with Crippen molar-refractivity contribution in [2.75, 3.05) is 19.8 Å². The summed E-state index contributed by atoms with van der Waals surface area (Å²) in [4.78, 5) is 0. The summed E-state index contributed by atoms with van der Waals surface area (Å²) >= 11 is 1.67. The van der Waals surface area contributed by atoms with Crippen LogP contribution in [0.25, 0.3) is 11.3 Å². The molecule has 1 N–H and O–H groups in total. The Balaban J connectivity index is 1.77. The van der Waals surface area contributed by atoms with Crippen LogP contribution in [0.15, 0.2) is 29.1 Å². The van der Waals surface area contributed by atoms with Crippen LogP contribution in [0.5, 0.6) is 0 Å². The summed E-state index contributed by atoms with van der Waals surface area (Å²) in [7, 11) is 0. The van der Waals surface area contributed by atoms with Gasteiger partial charge in [-0.05, 0) is 17.5 Å². The van der Waals surface area contributed by atoms with Crippen molar-refractivity contribution >= 4 is 11.3 Å². The molecule has 0 atom stereocenters. The predicted octanol–water partition coefficient (Wildman–Crippen LogP) is 1.62. The van der Waals surface area contributed by atoms with Crippen molar-refractivity contribution in [3.05, 3.63) is 29.1 Å². The van der Waals surface area contributed by atoms with Crippen LogP contribution in [0.3, 0.4) is 0 Å². The van der Waals surface area contributed by atoms with Crippen molar-refractivity contribution in [3.8, 4) is 11.3 Å². The summed E-state index contributed by atoms with van der Waals surface area (Å²) in [5, 5.41) is 18.0. The Morgan fingerprint density at radius 1 is 1.47 bits per heavy atom. The normalized spacial score (nSPS) is 17.9. The van der Waals surface area contributed by atoms with Gasteiger partial charge in [0, 0.05) is 17.1 Å². The number of ether oxygens (including phenoxy) is 1. The third kappa shape index (κ3) is 2.01. The summed E-state index contributed by atoms with van der Waals surface area (Å²) in [5.74, 6) is 0. The van der Waals surface area contributed by atoms with Gasteiger partial charge in [0.15, 0.2) is 0 Å². The molecule has 3 rings (SSSR count). The first kappa shape index (κ1) is 11.0. The van der Waals surface area contributed by atoms with Crippen LogP contribution >= 0.6 is 11.3 Å². The summed E-state index contributed by atoms with van der Waals surface area (Å²) in [6, 6.07) is 4.07. The molecule has 0 amide bonds. The van der Waals surface area contributed by atoms with Gasteiger partial charge >= 0.3 is 0 Å². The SMILES string of the molecule is OCC1(Cn2ccc(-c3ccsc3)n2)COC1. The average Bonchev–Trinajstić information content (AvgIpc) is 2.94. The van der Waals surface area contributed by atoms with Gasteiger partial charge in [0.2, 0.25) is 0 Å². The van der Waals surface area contributed by atoms with E-state index in [4.69, 9.17) is 4.74 Å². The van der Waals surface area contributed by atoms with Gasteiger partial charge in [0.25, 0.3) is 0 Å². The third-order valence-electron chi connectivity index (χ3n) is 3.11. The highest BCUT2D eigenvalue weighted by Crippen LogP contribution is 2.29. The van der Waals surface area contributed by atoms with Gasteiger partial charge in [-0.2, -0.15) is 16.4 Å². The van der Waals surface area contributed by atoms with E-state index in [-0.39, 0.29) is 12.0 Å². The first-order valence-electron chi connectivity index (χ1n) is 5.56. The van der Waals surface area contributed by atoms with E-state index < -0.39 is 0 Å². The first-order chi connectivity index (χ1) is 8.31. The van der Waals surface area contributed by atoms with Crippen LogP contribution in [0, 0.1) is 5.41 Å². The molecule has 4 nitrogen and oxygen atoms in total. The molecular formula is C12H14N2O2S. The van der Waals surface area contributed by atoms with Gasteiger partial charge in [0.1, 0.15) is 0 Å². The van der Waals surface area contributed by atoms with Crippen molar-refractivity contribution in [1.82, 2.24) is 9.78 Å². The second kappa shape index (κ2) is 4.25. The molecule has 2 aromatic heterocycles. The largest absolute Gasteiger partial charge is 0.396 e. The Kier molecular flexibility index (Phi) is 2.74. The van der Waals surface area contributed by atoms with Crippen molar-refractivity contribution in [1.29, 1.82) is 0 Å². The maximum absolute atomic E-state index is 9.37. The van der Waals surface area contributed by atoms with Gasteiger partial charge in [-0.15, -0.1) is 0 Å². The van der Waals surface area contributed by atoms with Crippen LogP contribution in [-0.4, -0.2) is 34.7 Å². The van der Waals surface area contributed by atoms with Crippen LogP contribution in [0.1, 0.15) is 0 Å². The highest BCUT2D eigenvalue weighted by molar-refractivity contribution is 7.08. The van der Waals surface area contributed by atoms with Gasteiger partial charge in [0.05, 0.1) is 37.5 Å². The minimum Gasteiger partial charge on any atom is -0.396 e. The fourth-order valence-electron chi connectivity index (χ4n) is 1.98. The average molecular weight is 250 g/mol. The molecule has 0 aliphatic carbocycles. The fraction of sp³-hybridized carbons (Fsp3) is 0.417. The molecule has 0 spiro atoms. The van der Waals surface area contributed by atoms with E-state index in [2.05, 4.69) is 16.5 Å². The lowest BCUT2D eigenvalue weighted by molar-refractivity contribution is -0.146. The van der Waals surface area contributed by atoms with Crippen molar-refractivity contribution in [2.45, 2.75) is 6.54 Å². The summed E-state index contributed by atoms with van der Waals surface area (Å²) in [6.07, 6.45) is 1.96. The Morgan fingerprint density at radius 2 is 2.35 bits per heavy atom. The quantitative estimate of drug-likeness (QED) is 0.897. The molecule has 1 fully saturated rings. The lowest BCUT2D eigenvalue weighted by Crippen LogP contribution is -2.48. The Bertz CT molecular complexity index is 483. The minimum absolute atomic E-state index is 0.127. The number of nitrogens with zero attached hydrogens (tertiary/aromatic N) is 2. The van der Waals surface area contributed by atoms with E-state index >= 15 is 0 Å². The van der Waals surface area contributed by atoms with E-state index in [9.17, 15) is 5.11 Å². The lowest BCUT2D eigenvalue weighted by Gasteiger charge is -2.39. The van der Waals surface area contributed by atoms with Crippen molar-refractivity contribution in [2.24, 2.45) is 5.41 Å². The van der Waals surface area contributed by atoms with E-state index in [0.29, 0.717) is 19.8 Å². The van der Waals surface area contributed by atoms with Crippen LogP contribution in [0.4, 0.5) is 0 Å². The van der Waals surface area contributed by atoms with Crippen molar-refractivity contribution < 1.29 is 9.84 Å². The highest BCUT2D eigenvalue weighted by atomic mass is 32.1. The molecule has 1 aliphatic heterocycles.